The van der Waals surface area contributed by atoms with Gasteiger partial charge in [0, 0.05) is 29.8 Å². The van der Waals surface area contributed by atoms with Crippen LogP contribution in [0.5, 0.6) is 5.75 Å². The number of alkyl halides is 3. The summed E-state index contributed by atoms with van der Waals surface area (Å²) in [6.07, 6.45) is -1.35. The second kappa shape index (κ2) is 8.70. The first-order valence-electron chi connectivity index (χ1n) is 12.3. The fourth-order valence-corrected chi connectivity index (χ4v) is 6.31. The van der Waals surface area contributed by atoms with Gasteiger partial charge in [-0.15, -0.1) is 13.2 Å². The number of hydrogen-bond donors (Lipinski definition) is 1. The summed E-state index contributed by atoms with van der Waals surface area (Å²) in [5, 5.41) is 7.83. The molecule has 3 aliphatic carbocycles. The number of nitrogens with one attached hydrogen (secondary N) is 1. The van der Waals surface area contributed by atoms with Crippen LogP contribution in [-0.2, 0) is 15.1 Å². The first-order chi connectivity index (χ1) is 17.9. The molecule has 4 fully saturated rings. The van der Waals surface area contributed by atoms with Crippen LogP contribution in [0, 0.1) is 0 Å². The van der Waals surface area contributed by atoms with Crippen molar-refractivity contribution in [1.82, 2.24) is 20.0 Å². The molecule has 1 aromatic heterocycles. The van der Waals surface area contributed by atoms with Gasteiger partial charge in [0.25, 0.3) is 11.8 Å². The molecule has 0 spiro atoms. The van der Waals surface area contributed by atoms with E-state index in [9.17, 15) is 27.6 Å². The number of likely N-dealkylation sites (tertiary alicyclic amines) is 1. The molecule has 38 heavy (non-hydrogen) atoms. The van der Waals surface area contributed by atoms with E-state index in [0.29, 0.717) is 41.2 Å². The van der Waals surface area contributed by atoms with E-state index in [0.717, 1.165) is 0 Å². The molecule has 7 rings (SSSR count). The van der Waals surface area contributed by atoms with E-state index in [1.165, 1.54) is 17.2 Å². The van der Waals surface area contributed by atoms with Crippen LogP contribution in [-0.4, -0.2) is 69.5 Å². The lowest BCUT2D eigenvalue weighted by atomic mass is 9.44. The Labute approximate surface area is 220 Å². The van der Waals surface area contributed by atoms with Gasteiger partial charge in [0.15, 0.2) is 11.9 Å². The van der Waals surface area contributed by atoms with E-state index in [-0.39, 0.29) is 55.5 Å². The normalized spacial score (nSPS) is 28.6. The van der Waals surface area contributed by atoms with Crippen LogP contribution in [0.3, 0.4) is 0 Å². The summed E-state index contributed by atoms with van der Waals surface area (Å²) in [7, 11) is 0. The summed E-state index contributed by atoms with van der Waals surface area (Å²) < 4.78 is 48.9. The quantitative estimate of drug-likeness (QED) is 0.609. The molecule has 2 amide bonds. The van der Waals surface area contributed by atoms with Crippen molar-refractivity contribution in [2.45, 2.75) is 68.2 Å². The lowest BCUT2D eigenvalue weighted by Crippen LogP contribution is -2.79. The van der Waals surface area contributed by atoms with Gasteiger partial charge in [-0.3, -0.25) is 23.8 Å². The van der Waals surface area contributed by atoms with Crippen LogP contribution in [0.2, 0.25) is 5.02 Å². The van der Waals surface area contributed by atoms with Gasteiger partial charge in [-0.2, -0.15) is 5.10 Å². The fourth-order valence-electron chi connectivity index (χ4n) is 6.14. The number of rotatable bonds is 5. The van der Waals surface area contributed by atoms with Crippen molar-refractivity contribution in [2.75, 3.05) is 13.1 Å². The topological polar surface area (TPSA) is 103 Å². The average molecular weight is 553 g/mol. The molecule has 1 aromatic carbocycles. The third-order valence-corrected chi connectivity index (χ3v) is 8.15. The van der Waals surface area contributed by atoms with Gasteiger partial charge in [-0.25, -0.2) is 0 Å². The first kappa shape index (κ1) is 25.2. The fraction of sp³-hybridized carbons (Fsp3) is 0.520. The standard InChI is InChI=1S/C25H24ClF3N4O5/c26-15-1-2-19-17(7-15)18(34)8-20(37-19)21(35)31-23-11-24(12-23,13-23)33-10-14(9-30-33)22(36)32-5-3-16(4-6-32)38-25(27,28)29/h1-2,7,9-10,16,20H,3-6,8,11-13H2,(H,31,35)/t20-,23?,24?/m1/s1. The smallest absolute Gasteiger partial charge is 0.479 e. The second-order valence-electron chi connectivity index (χ2n) is 10.6. The molecule has 13 heteroatoms. The number of piperidine rings is 1. The number of amides is 2. The summed E-state index contributed by atoms with van der Waals surface area (Å²) in [5.41, 5.74) is 0.0385. The van der Waals surface area contributed by atoms with Crippen molar-refractivity contribution in [2.24, 2.45) is 0 Å². The number of fused-ring (bicyclic) bond motifs is 1. The molecule has 9 nitrogen and oxygen atoms in total. The Kier molecular flexibility index (Phi) is 5.76. The van der Waals surface area contributed by atoms with Gasteiger partial charge in [-0.1, -0.05) is 11.6 Å². The van der Waals surface area contributed by atoms with Crippen LogP contribution in [0.4, 0.5) is 13.2 Å². The number of ketones is 1. The highest BCUT2D eigenvalue weighted by Crippen LogP contribution is 2.65. The Morgan fingerprint density at radius 3 is 2.58 bits per heavy atom. The Bertz CT molecular complexity index is 1300. The van der Waals surface area contributed by atoms with Crippen molar-refractivity contribution in [1.29, 1.82) is 0 Å². The van der Waals surface area contributed by atoms with E-state index in [2.05, 4.69) is 15.2 Å². The summed E-state index contributed by atoms with van der Waals surface area (Å²) in [6, 6.07) is 4.72. The van der Waals surface area contributed by atoms with Crippen LogP contribution >= 0.6 is 11.6 Å². The van der Waals surface area contributed by atoms with Crippen LogP contribution in [0.25, 0.3) is 0 Å². The monoisotopic (exact) mass is 552 g/mol. The zero-order chi connectivity index (χ0) is 26.9. The third-order valence-electron chi connectivity index (χ3n) is 7.91. The Morgan fingerprint density at radius 2 is 1.89 bits per heavy atom. The summed E-state index contributed by atoms with van der Waals surface area (Å²) >= 11 is 5.95. The van der Waals surface area contributed by atoms with Crippen molar-refractivity contribution < 1.29 is 37.0 Å². The Hall–Kier alpha value is -3.12. The van der Waals surface area contributed by atoms with Gasteiger partial charge in [0.1, 0.15) is 5.75 Å². The third kappa shape index (κ3) is 4.43. The number of Topliss-reactive ketones (excluding diaryl/α,β-unsaturated/α-hetero) is 1. The van der Waals surface area contributed by atoms with E-state index in [4.69, 9.17) is 16.3 Å². The number of carbonyl (C=O) groups excluding carboxylic acids is 3. The molecule has 1 N–H and O–H groups in total. The zero-order valence-electron chi connectivity index (χ0n) is 20.1. The number of ether oxygens (including phenoxy) is 2. The molecular formula is C25H24ClF3N4O5. The molecule has 2 bridgehead atoms. The second-order valence-corrected chi connectivity index (χ2v) is 11.1. The molecular weight excluding hydrogens is 529 g/mol. The maximum Gasteiger partial charge on any atom is 0.522 e. The van der Waals surface area contributed by atoms with Gasteiger partial charge in [0.05, 0.1) is 35.4 Å². The largest absolute Gasteiger partial charge is 0.522 e. The summed E-state index contributed by atoms with van der Waals surface area (Å²) in [4.78, 5) is 39.8. The molecule has 2 aromatic rings. The lowest BCUT2D eigenvalue weighted by Gasteiger charge is -2.70. The molecule has 1 atom stereocenters. The van der Waals surface area contributed by atoms with Gasteiger partial charge in [-0.05, 0) is 50.3 Å². The van der Waals surface area contributed by atoms with E-state index < -0.39 is 24.1 Å². The van der Waals surface area contributed by atoms with Crippen molar-refractivity contribution in [3.8, 4) is 5.75 Å². The number of benzene rings is 1. The Balaban J connectivity index is 1.02. The number of aromatic nitrogens is 2. The average Bonchev–Trinajstić information content (AvgIpc) is 3.29. The zero-order valence-corrected chi connectivity index (χ0v) is 20.8. The highest BCUT2D eigenvalue weighted by Gasteiger charge is 2.70. The van der Waals surface area contributed by atoms with Crippen molar-refractivity contribution >= 4 is 29.2 Å². The molecule has 5 aliphatic rings. The SMILES string of the molecule is O=C1C[C@H](C(=O)NC23CC(n4cc(C(=O)N5CCC(OC(F)(F)F)CC5)cn4)(C2)C3)Oc2ccc(Cl)cc21. The Morgan fingerprint density at radius 1 is 1.18 bits per heavy atom. The van der Waals surface area contributed by atoms with Gasteiger partial charge >= 0.3 is 6.36 Å². The highest BCUT2D eigenvalue weighted by molar-refractivity contribution is 6.31. The van der Waals surface area contributed by atoms with E-state index in [1.807, 2.05) is 0 Å². The van der Waals surface area contributed by atoms with E-state index >= 15 is 0 Å². The molecule has 0 unspecified atom stereocenters. The number of halogens is 4. The molecule has 3 saturated carbocycles. The van der Waals surface area contributed by atoms with E-state index in [1.54, 1.807) is 23.0 Å². The maximum atomic E-state index is 12.9. The van der Waals surface area contributed by atoms with Crippen LogP contribution < -0.4 is 10.1 Å². The minimum absolute atomic E-state index is 0.0649. The highest BCUT2D eigenvalue weighted by atomic mass is 35.5. The number of hydrogen-bond acceptors (Lipinski definition) is 6. The molecule has 3 heterocycles. The maximum absolute atomic E-state index is 12.9. The number of carbonyl (C=O) groups is 3. The summed E-state index contributed by atoms with van der Waals surface area (Å²) in [5.74, 6) is -0.488. The predicted octanol–water partition coefficient (Wildman–Crippen LogP) is 3.46. The first-order valence-corrected chi connectivity index (χ1v) is 12.7. The van der Waals surface area contributed by atoms with Gasteiger partial charge < -0.3 is 15.0 Å². The summed E-state index contributed by atoms with van der Waals surface area (Å²) in [6.45, 7) is 0.350. The molecule has 2 aliphatic heterocycles. The molecule has 0 radical (unpaired) electrons. The number of nitrogens with zero attached hydrogens (tertiary/aromatic N) is 3. The minimum atomic E-state index is -4.68. The van der Waals surface area contributed by atoms with Crippen LogP contribution in [0.15, 0.2) is 30.6 Å². The lowest BCUT2D eigenvalue weighted by molar-refractivity contribution is -0.345. The molecule has 1 saturated heterocycles. The minimum Gasteiger partial charge on any atom is -0.479 e. The predicted molar refractivity (Wildman–Crippen MR) is 126 cm³/mol. The molecule has 202 valence electrons. The van der Waals surface area contributed by atoms with Crippen molar-refractivity contribution in [3.05, 3.63) is 46.7 Å². The van der Waals surface area contributed by atoms with Crippen LogP contribution in [0.1, 0.15) is 59.2 Å². The van der Waals surface area contributed by atoms with Crippen molar-refractivity contribution in [3.63, 3.8) is 0 Å². The van der Waals surface area contributed by atoms with Gasteiger partial charge in [0.2, 0.25) is 0 Å².